The third-order valence-corrected chi connectivity index (χ3v) is 4.76. The summed E-state index contributed by atoms with van der Waals surface area (Å²) in [4.78, 5) is 31.8. The highest BCUT2D eigenvalue weighted by atomic mass is 32.1. The number of nitrogens with one attached hydrogen (secondary N) is 2. The molecule has 0 spiro atoms. The van der Waals surface area contributed by atoms with Crippen LogP contribution in [0.3, 0.4) is 0 Å². The van der Waals surface area contributed by atoms with Crippen molar-refractivity contribution in [2.24, 2.45) is 0 Å². The first-order chi connectivity index (χ1) is 13.1. The van der Waals surface area contributed by atoms with Gasteiger partial charge in [0.25, 0.3) is 5.56 Å². The number of unbranched alkanes of at least 4 members (excludes halogenated alkanes) is 2. The van der Waals surface area contributed by atoms with E-state index >= 15 is 0 Å². The standard InChI is InChI=1S/C20H22N4O2S/c1-14-8-7-12-21-18(14)23-17(25)11-3-2-6-13-24-19(26)15-9-4-5-10-16(15)22-20(24)27/h4-5,7-10,12H,2-3,6,11,13H2,1H3,(H,22,27)(H,21,23,25). The number of carbonyl (C=O) groups is 1. The van der Waals surface area contributed by atoms with Gasteiger partial charge in [-0.05, 0) is 55.7 Å². The molecular weight excluding hydrogens is 360 g/mol. The lowest BCUT2D eigenvalue weighted by atomic mass is 10.2. The molecule has 3 aromatic rings. The van der Waals surface area contributed by atoms with Gasteiger partial charge in [0.15, 0.2) is 4.77 Å². The van der Waals surface area contributed by atoms with E-state index in [4.69, 9.17) is 12.2 Å². The van der Waals surface area contributed by atoms with E-state index in [0.717, 1.165) is 30.3 Å². The van der Waals surface area contributed by atoms with Gasteiger partial charge in [-0.2, -0.15) is 0 Å². The lowest BCUT2D eigenvalue weighted by molar-refractivity contribution is -0.116. The minimum absolute atomic E-state index is 0.0445. The van der Waals surface area contributed by atoms with Crippen molar-refractivity contribution in [3.05, 3.63) is 63.3 Å². The topological polar surface area (TPSA) is 79.8 Å². The molecule has 0 aliphatic rings. The molecule has 27 heavy (non-hydrogen) atoms. The lowest BCUT2D eigenvalue weighted by Crippen LogP contribution is -2.22. The number of H-pyrrole nitrogens is 1. The zero-order chi connectivity index (χ0) is 19.2. The molecule has 7 heteroatoms. The fraction of sp³-hybridized carbons (Fsp3) is 0.300. The average Bonchev–Trinajstić information content (AvgIpc) is 2.65. The van der Waals surface area contributed by atoms with E-state index in [1.165, 1.54) is 0 Å². The average molecular weight is 382 g/mol. The molecule has 140 valence electrons. The van der Waals surface area contributed by atoms with Crippen molar-refractivity contribution in [2.75, 3.05) is 5.32 Å². The fourth-order valence-electron chi connectivity index (χ4n) is 2.95. The van der Waals surface area contributed by atoms with E-state index in [2.05, 4.69) is 15.3 Å². The monoisotopic (exact) mass is 382 g/mol. The quantitative estimate of drug-likeness (QED) is 0.479. The van der Waals surface area contributed by atoms with Crippen LogP contribution in [0.1, 0.15) is 31.2 Å². The molecule has 0 saturated heterocycles. The van der Waals surface area contributed by atoms with Gasteiger partial charge in [0.2, 0.25) is 5.91 Å². The smallest absolute Gasteiger partial charge is 0.262 e. The van der Waals surface area contributed by atoms with Crippen LogP contribution in [0, 0.1) is 11.7 Å². The maximum Gasteiger partial charge on any atom is 0.262 e. The van der Waals surface area contributed by atoms with Gasteiger partial charge in [0, 0.05) is 19.2 Å². The van der Waals surface area contributed by atoms with Crippen LogP contribution in [-0.4, -0.2) is 20.4 Å². The molecule has 1 amide bonds. The molecule has 2 N–H and O–H groups in total. The number of aromatic amines is 1. The maximum atomic E-state index is 12.6. The second-order valence-corrected chi connectivity index (χ2v) is 6.85. The molecule has 0 radical (unpaired) electrons. The Morgan fingerprint density at radius 3 is 2.81 bits per heavy atom. The Kier molecular flexibility index (Phi) is 6.13. The van der Waals surface area contributed by atoms with Crippen LogP contribution in [-0.2, 0) is 11.3 Å². The van der Waals surface area contributed by atoms with Crippen LogP contribution in [0.4, 0.5) is 5.82 Å². The van der Waals surface area contributed by atoms with Gasteiger partial charge in [-0.25, -0.2) is 4.98 Å². The van der Waals surface area contributed by atoms with E-state index in [1.54, 1.807) is 16.8 Å². The van der Waals surface area contributed by atoms with Crippen molar-refractivity contribution < 1.29 is 4.79 Å². The van der Waals surface area contributed by atoms with E-state index in [-0.39, 0.29) is 11.5 Å². The molecule has 0 bridgehead atoms. The van der Waals surface area contributed by atoms with Crippen LogP contribution in [0.5, 0.6) is 0 Å². The summed E-state index contributed by atoms with van der Waals surface area (Å²) in [6.45, 7) is 2.45. The number of aryl methyl sites for hydroxylation is 1. The Morgan fingerprint density at radius 2 is 2.00 bits per heavy atom. The van der Waals surface area contributed by atoms with Crippen molar-refractivity contribution in [2.45, 2.75) is 39.2 Å². The Bertz CT molecular complexity index is 1070. The molecule has 0 unspecified atom stereocenters. The van der Waals surface area contributed by atoms with Crippen molar-refractivity contribution in [1.29, 1.82) is 0 Å². The summed E-state index contributed by atoms with van der Waals surface area (Å²) >= 11 is 5.31. The van der Waals surface area contributed by atoms with E-state index < -0.39 is 0 Å². The number of hydrogen-bond acceptors (Lipinski definition) is 4. The number of aromatic nitrogens is 3. The molecule has 2 heterocycles. The Labute approximate surface area is 162 Å². The van der Waals surface area contributed by atoms with Crippen LogP contribution in [0.15, 0.2) is 47.4 Å². The van der Waals surface area contributed by atoms with Crippen molar-refractivity contribution in [1.82, 2.24) is 14.5 Å². The summed E-state index contributed by atoms with van der Waals surface area (Å²) in [7, 11) is 0. The number of amides is 1. The van der Waals surface area contributed by atoms with Gasteiger partial charge in [0.05, 0.1) is 10.9 Å². The van der Waals surface area contributed by atoms with Gasteiger partial charge in [0.1, 0.15) is 5.82 Å². The summed E-state index contributed by atoms with van der Waals surface area (Å²) in [6.07, 6.45) is 4.45. The predicted molar refractivity (Wildman–Crippen MR) is 109 cm³/mol. The molecule has 3 rings (SSSR count). The third-order valence-electron chi connectivity index (χ3n) is 4.44. The zero-order valence-electron chi connectivity index (χ0n) is 15.2. The number of rotatable bonds is 7. The summed E-state index contributed by atoms with van der Waals surface area (Å²) < 4.78 is 2.02. The molecule has 0 aliphatic carbocycles. The van der Waals surface area contributed by atoms with Crippen LogP contribution >= 0.6 is 12.2 Å². The first-order valence-corrected chi connectivity index (χ1v) is 9.40. The van der Waals surface area contributed by atoms with Crippen LogP contribution in [0.25, 0.3) is 10.9 Å². The Hall–Kier alpha value is -2.80. The van der Waals surface area contributed by atoms with Gasteiger partial charge < -0.3 is 10.3 Å². The minimum Gasteiger partial charge on any atom is -0.332 e. The number of benzene rings is 1. The molecule has 0 saturated carbocycles. The van der Waals surface area contributed by atoms with Gasteiger partial charge >= 0.3 is 0 Å². The van der Waals surface area contributed by atoms with Gasteiger partial charge in [-0.15, -0.1) is 0 Å². The maximum absolute atomic E-state index is 12.6. The normalized spacial score (nSPS) is 10.9. The first kappa shape index (κ1) is 19.0. The number of fused-ring (bicyclic) bond motifs is 1. The van der Waals surface area contributed by atoms with Gasteiger partial charge in [-0.3, -0.25) is 14.2 Å². The largest absolute Gasteiger partial charge is 0.332 e. The van der Waals surface area contributed by atoms with E-state index in [1.807, 2.05) is 37.3 Å². The number of hydrogen-bond donors (Lipinski definition) is 2. The number of nitrogens with zero attached hydrogens (tertiary/aromatic N) is 2. The second kappa shape index (κ2) is 8.73. The first-order valence-electron chi connectivity index (χ1n) is 8.99. The molecule has 0 aliphatic heterocycles. The van der Waals surface area contributed by atoms with Crippen molar-refractivity contribution in [3.8, 4) is 0 Å². The van der Waals surface area contributed by atoms with E-state index in [0.29, 0.717) is 28.9 Å². The van der Waals surface area contributed by atoms with Crippen LogP contribution < -0.4 is 10.9 Å². The van der Waals surface area contributed by atoms with Gasteiger partial charge in [-0.1, -0.05) is 24.6 Å². The van der Waals surface area contributed by atoms with E-state index in [9.17, 15) is 9.59 Å². The summed E-state index contributed by atoms with van der Waals surface area (Å²) in [5, 5.41) is 3.47. The molecular formula is C20H22N4O2S. The second-order valence-electron chi connectivity index (χ2n) is 6.46. The highest BCUT2D eigenvalue weighted by molar-refractivity contribution is 7.71. The summed E-state index contributed by atoms with van der Waals surface area (Å²) in [6, 6.07) is 11.1. The zero-order valence-corrected chi connectivity index (χ0v) is 16.0. The summed E-state index contributed by atoms with van der Waals surface area (Å²) in [5.74, 6) is 0.563. The Balaban J connectivity index is 1.50. The van der Waals surface area contributed by atoms with Crippen molar-refractivity contribution >= 4 is 34.8 Å². The molecule has 0 atom stereocenters. The molecule has 2 aromatic heterocycles. The Morgan fingerprint density at radius 1 is 1.19 bits per heavy atom. The SMILES string of the molecule is Cc1cccnc1NC(=O)CCCCCn1c(=S)[nH]c2ccccc2c1=O. The molecule has 6 nitrogen and oxygen atoms in total. The van der Waals surface area contributed by atoms with Crippen LogP contribution in [0.2, 0.25) is 0 Å². The number of para-hydroxylation sites is 1. The number of pyridine rings is 1. The minimum atomic E-state index is -0.0716. The van der Waals surface area contributed by atoms with Crippen molar-refractivity contribution in [3.63, 3.8) is 0 Å². The lowest BCUT2D eigenvalue weighted by Gasteiger charge is -2.09. The summed E-state index contributed by atoms with van der Waals surface area (Å²) in [5.41, 5.74) is 1.62. The molecule has 1 aromatic carbocycles. The number of carbonyl (C=O) groups excluding carboxylic acids is 1. The highest BCUT2D eigenvalue weighted by Gasteiger charge is 2.07. The molecule has 0 fully saturated rings. The fourth-order valence-corrected chi connectivity index (χ4v) is 3.23. The third kappa shape index (κ3) is 4.68. The predicted octanol–water partition coefficient (Wildman–Crippen LogP) is 3.96. The number of anilines is 1. The highest BCUT2D eigenvalue weighted by Crippen LogP contribution is 2.11.